The van der Waals surface area contributed by atoms with Gasteiger partial charge in [-0.2, -0.15) is 0 Å². The van der Waals surface area contributed by atoms with Crippen LogP contribution in [0.25, 0.3) is 0 Å². The van der Waals surface area contributed by atoms with Crippen molar-refractivity contribution in [3.8, 4) is 0 Å². The van der Waals surface area contributed by atoms with Gasteiger partial charge in [-0.3, -0.25) is 4.72 Å². The van der Waals surface area contributed by atoms with Crippen LogP contribution in [0.3, 0.4) is 0 Å². The lowest BCUT2D eigenvalue weighted by atomic mass is 10.2. The second kappa shape index (κ2) is 6.45. The summed E-state index contributed by atoms with van der Waals surface area (Å²) in [6, 6.07) is 13.4. The summed E-state index contributed by atoms with van der Waals surface area (Å²) in [5, 5.41) is 0. The molecule has 1 aliphatic rings. The van der Waals surface area contributed by atoms with Gasteiger partial charge in [-0.1, -0.05) is 6.07 Å². The van der Waals surface area contributed by atoms with Gasteiger partial charge in [-0.25, -0.2) is 13.4 Å². The van der Waals surface area contributed by atoms with Crippen LogP contribution in [-0.4, -0.2) is 45.8 Å². The Morgan fingerprint density at radius 3 is 2.17 bits per heavy atom. The van der Waals surface area contributed by atoms with E-state index in [1.165, 1.54) is 0 Å². The summed E-state index contributed by atoms with van der Waals surface area (Å²) in [5.41, 5.74) is 1.69. The van der Waals surface area contributed by atoms with E-state index in [4.69, 9.17) is 0 Å². The van der Waals surface area contributed by atoms with Crippen molar-refractivity contribution >= 4 is 27.2 Å². The molecule has 1 aromatic heterocycles. The lowest BCUT2D eigenvalue weighted by Gasteiger charge is -2.36. The summed E-state index contributed by atoms with van der Waals surface area (Å²) in [5.74, 6) is 1.01. The predicted molar refractivity (Wildman–Crippen MR) is 93.6 cm³/mol. The zero-order valence-electron chi connectivity index (χ0n) is 13.0. The van der Waals surface area contributed by atoms with Crippen LogP contribution in [0.2, 0.25) is 0 Å². The summed E-state index contributed by atoms with van der Waals surface area (Å²) < 4.78 is 24.9. The van der Waals surface area contributed by atoms with Crippen molar-refractivity contribution in [1.82, 2.24) is 4.98 Å². The Morgan fingerprint density at radius 2 is 1.61 bits per heavy atom. The fourth-order valence-corrected chi connectivity index (χ4v) is 3.25. The van der Waals surface area contributed by atoms with Crippen LogP contribution in [0.1, 0.15) is 0 Å². The number of sulfonamides is 1. The molecule has 1 saturated heterocycles. The van der Waals surface area contributed by atoms with Gasteiger partial charge in [0.15, 0.2) is 0 Å². The molecule has 23 heavy (non-hydrogen) atoms. The molecule has 1 aromatic carbocycles. The van der Waals surface area contributed by atoms with Crippen molar-refractivity contribution in [2.24, 2.45) is 0 Å². The van der Waals surface area contributed by atoms with Crippen LogP contribution < -0.4 is 14.5 Å². The molecule has 0 bridgehead atoms. The Balaban J connectivity index is 1.61. The number of anilines is 3. The monoisotopic (exact) mass is 332 g/mol. The number of aromatic nitrogens is 1. The van der Waals surface area contributed by atoms with Crippen molar-refractivity contribution in [2.75, 3.05) is 47.0 Å². The molecular weight excluding hydrogens is 312 g/mol. The summed E-state index contributed by atoms with van der Waals surface area (Å²) >= 11 is 0. The third-order valence-corrected chi connectivity index (χ3v) is 4.40. The summed E-state index contributed by atoms with van der Waals surface area (Å²) in [4.78, 5) is 8.96. The number of pyridine rings is 1. The van der Waals surface area contributed by atoms with Crippen LogP contribution in [-0.2, 0) is 10.0 Å². The number of hydrogen-bond donors (Lipinski definition) is 1. The fourth-order valence-electron chi connectivity index (χ4n) is 2.69. The molecular formula is C16H20N4O2S. The van der Waals surface area contributed by atoms with E-state index in [-0.39, 0.29) is 0 Å². The summed E-state index contributed by atoms with van der Waals surface area (Å²) in [6.07, 6.45) is 2.97. The van der Waals surface area contributed by atoms with E-state index in [1.807, 2.05) is 36.5 Å². The number of hydrogen-bond acceptors (Lipinski definition) is 5. The minimum Gasteiger partial charge on any atom is -0.368 e. The van der Waals surface area contributed by atoms with E-state index in [2.05, 4.69) is 19.5 Å². The van der Waals surface area contributed by atoms with Crippen LogP contribution in [0.4, 0.5) is 17.2 Å². The molecule has 1 fully saturated rings. The smallest absolute Gasteiger partial charge is 0.229 e. The van der Waals surface area contributed by atoms with E-state index in [0.717, 1.165) is 43.9 Å². The third kappa shape index (κ3) is 4.13. The van der Waals surface area contributed by atoms with Crippen LogP contribution >= 0.6 is 0 Å². The second-order valence-electron chi connectivity index (χ2n) is 5.58. The lowest BCUT2D eigenvalue weighted by molar-refractivity contribution is 0.607. The largest absolute Gasteiger partial charge is 0.368 e. The minimum atomic E-state index is -3.23. The molecule has 0 saturated carbocycles. The molecule has 1 aliphatic heterocycles. The highest BCUT2D eigenvalue weighted by atomic mass is 32.2. The van der Waals surface area contributed by atoms with Gasteiger partial charge in [0.05, 0.1) is 6.26 Å². The standard InChI is InChI=1S/C16H20N4O2S/c1-23(21,22)18-14-5-7-15(8-6-14)19-10-12-20(13-11-19)16-4-2-3-9-17-16/h2-9,18H,10-13H2,1H3. The quantitative estimate of drug-likeness (QED) is 0.924. The number of rotatable bonds is 4. The molecule has 0 aliphatic carbocycles. The maximum absolute atomic E-state index is 11.2. The highest BCUT2D eigenvalue weighted by molar-refractivity contribution is 7.92. The SMILES string of the molecule is CS(=O)(=O)Nc1ccc(N2CCN(c3ccccn3)CC2)cc1. The average Bonchev–Trinajstić information content (AvgIpc) is 2.55. The Labute approximate surface area is 136 Å². The fraction of sp³-hybridized carbons (Fsp3) is 0.312. The molecule has 7 heteroatoms. The first kappa shape index (κ1) is 15.6. The number of benzene rings is 1. The molecule has 0 unspecified atom stereocenters. The van der Waals surface area contributed by atoms with Crippen molar-refractivity contribution in [3.05, 3.63) is 48.7 Å². The van der Waals surface area contributed by atoms with Gasteiger partial charge >= 0.3 is 0 Å². The van der Waals surface area contributed by atoms with Gasteiger partial charge in [0, 0.05) is 43.8 Å². The molecule has 0 spiro atoms. The molecule has 122 valence electrons. The van der Waals surface area contributed by atoms with E-state index >= 15 is 0 Å². The Bertz CT molecular complexity index is 739. The Kier molecular flexibility index (Phi) is 4.38. The number of nitrogens with one attached hydrogen (secondary N) is 1. The zero-order valence-corrected chi connectivity index (χ0v) is 13.8. The van der Waals surface area contributed by atoms with Gasteiger partial charge in [-0.15, -0.1) is 0 Å². The zero-order chi connectivity index (χ0) is 16.3. The van der Waals surface area contributed by atoms with E-state index in [9.17, 15) is 8.42 Å². The molecule has 6 nitrogen and oxygen atoms in total. The first-order valence-electron chi connectivity index (χ1n) is 7.50. The Morgan fingerprint density at radius 1 is 0.957 bits per heavy atom. The lowest BCUT2D eigenvalue weighted by Crippen LogP contribution is -2.46. The van der Waals surface area contributed by atoms with Crippen LogP contribution in [0.15, 0.2) is 48.7 Å². The molecule has 1 N–H and O–H groups in total. The minimum absolute atomic E-state index is 0.586. The van der Waals surface area contributed by atoms with Gasteiger partial charge in [-0.05, 0) is 36.4 Å². The van der Waals surface area contributed by atoms with Crippen molar-refractivity contribution in [1.29, 1.82) is 0 Å². The van der Waals surface area contributed by atoms with E-state index < -0.39 is 10.0 Å². The highest BCUT2D eigenvalue weighted by Gasteiger charge is 2.18. The van der Waals surface area contributed by atoms with Crippen LogP contribution in [0.5, 0.6) is 0 Å². The van der Waals surface area contributed by atoms with Crippen molar-refractivity contribution in [3.63, 3.8) is 0 Å². The van der Waals surface area contributed by atoms with E-state index in [0.29, 0.717) is 5.69 Å². The predicted octanol–water partition coefficient (Wildman–Crippen LogP) is 1.78. The maximum Gasteiger partial charge on any atom is 0.229 e. The molecule has 0 amide bonds. The van der Waals surface area contributed by atoms with Gasteiger partial charge < -0.3 is 9.80 Å². The number of nitrogens with zero attached hydrogens (tertiary/aromatic N) is 3. The normalized spacial score (nSPS) is 15.5. The summed E-state index contributed by atoms with van der Waals surface area (Å²) in [6.45, 7) is 3.66. The summed E-state index contributed by atoms with van der Waals surface area (Å²) in [7, 11) is -3.23. The average molecular weight is 332 g/mol. The topological polar surface area (TPSA) is 65.5 Å². The number of piperazine rings is 1. The Hall–Kier alpha value is -2.28. The molecule has 2 aromatic rings. The van der Waals surface area contributed by atoms with Gasteiger partial charge in [0.25, 0.3) is 0 Å². The molecule has 0 atom stereocenters. The van der Waals surface area contributed by atoms with Gasteiger partial charge in [0.1, 0.15) is 5.82 Å². The first-order valence-corrected chi connectivity index (χ1v) is 9.39. The van der Waals surface area contributed by atoms with E-state index in [1.54, 1.807) is 12.1 Å². The van der Waals surface area contributed by atoms with Crippen molar-refractivity contribution < 1.29 is 8.42 Å². The van der Waals surface area contributed by atoms with Gasteiger partial charge in [0.2, 0.25) is 10.0 Å². The maximum atomic E-state index is 11.2. The molecule has 2 heterocycles. The molecule has 0 radical (unpaired) electrons. The first-order chi connectivity index (χ1) is 11.0. The second-order valence-corrected chi connectivity index (χ2v) is 7.33. The van der Waals surface area contributed by atoms with Crippen molar-refractivity contribution in [2.45, 2.75) is 0 Å². The van der Waals surface area contributed by atoms with Crippen LogP contribution in [0, 0.1) is 0 Å². The molecule has 3 rings (SSSR count). The third-order valence-electron chi connectivity index (χ3n) is 3.79. The highest BCUT2D eigenvalue weighted by Crippen LogP contribution is 2.21.